The maximum atomic E-state index is 14.4. The normalized spacial score (nSPS) is 18.1. The zero-order valence-electron chi connectivity index (χ0n) is 27.7. The van der Waals surface area contributed by atoms with Gasteiger partial charge in [-0.2, -0.15) is 26.3 Å². The van der Waals surface area contributed by atoms with Crippen LogP contribution in [0.15, 0.2) is 54.6 Å². The Bertz CT molecular complexity index is 1650. The summed E-state index contributed by atoms with van der Waals surface area (Å²) in [4.78, 5) is 28.9. The maximum absolute atomic E-state index is 14.4. The van der Waals surface area contributed by atoms with E-state index in [1.807, 2.05) is 24.3 Å². The summed E-state index contributed by atoms with van der Waals surface area (Å²) in [5.41, 5.74) is -1.15. The molecule has 0 spiro atoms. The number of benzene rings is 3. The minimum atomic E-state index is -5.11. The smallest absolute Gasteiger partial charge is 0.403 e. The van der Waals surface area contributed by atoms with Gasteiger partial charge in [0.05, 0.1) is 19.2 Å². The van der Waals surface area contributed by atoms with Crippen molar-refractivity contribution in [2.75, 3.05) is 53.0 Å². The second kappa shape index (κ2) is 15.5. The van der Waals surface area contributed by atoms with Crippen molar-refractivity contribution in [1.82, 2.24) is 15.1 Å². The van der Waals surface area contributed by atoms with E-state index < -0.39 is 68.2 Å². The molecular formula is C36H41F6N3O5. The predicted octanol–water partition coefficient (Wildman–Crippen LogP) is 6.70. The maximum Gasteiger partial charge on any atom is 0.403 e. The number of amides is 1. The Kier molecular flexibility index (Phi) is 11.5. The SMILES string of the molecule is COc1cccc(OCCN2CCCCC2)c1-c1cccc2c(C[C@H](NC(=O)C3(C(F)(F)F)CCN(CC(F)(F)F)CC3)C(=O)O)cccc12. The molecule has 1 atom stereocenters. The average Bonchev–Trinajstić information content (AvgIpc) is 3.07. The number of likely N-dealkylation sites (tertiary alicyclic amines) is 2. The van der Waals surface area contributed by atoms with Gasteiger partial charge < -0.3 is 19.9 Å². The summed E-state index contributed by atoms with van der Waals surface area (Å²) in [6, 6.07) is 14.3. The van der Waals surface area contributed by atoms with Crippen LogP contribution in [-0.4, -0.2) is 98.2 Å². The summed E-state index contributed by atoms with van der Waals surface area (Å²) in [5.74, 6) is -1.97. The molecule has 3 aromatic carbocycles. The van der Waals surface area contributed by atoms with E-state index in [0.29, 0.717) is 40.0 Å². The molecule has 0 aliphatic carbocycles. The first-order chi connectivity index (χ1) is 23.7. The first-order valence-corrected chi connectivity index (χ1v) is 16.7. The number of carboxylic acids is 1. The molecule has 0 bridgehead atoms. The first-order valence-electron chi connectivity index (χ1n) is 16.7. The van der Waals surface area contributed by atoms with Crippen LogP contribution in [0.3, 0.4) is 0 Å². The van der Waals surface area contributed by atoms with Crippen molar-refractivity contribution in [2.45, 2.75) is 56.9 Å². The predicted molar refractivity (Wildman–Crippen MR) is 175 cm³/mol. The van der Waals surface area contributed by atoms with E-state index in [1.54, 1.807) is 37.4 Å². The molecule has 5 rings (SSSR count). The van der Waals surface area contributed by atoms with Crippen molar-refractivity contribution in [3.8, 4) is 22.6 Å². The van der Waals surface area contributed by atoms with E-state index in [-0.39, 0.29) is 6.42 Å². The number of ether oxygens (including phenoxy) is 2. The molecule has 14 heteroatoms. The molecule has 2 N–H and O–H groups in total. The lowest BCUT2D eigenvalue weighted by atomic mass is 9.76. The van der Waals surface area contributed by atoms with E-state index in [4.69, 9.17) is 9.47 Å². The quantitative estimate of drug-likeness (QED) is 0.203. The van der Waals surface area contributed by atoms with Crippen molar-refractivity contribution in [3.63, 3.8) is 0 Å². The fraction of sp³-hybridized carbons (Fsp3) is 0.500. The van der Waals surface area contributed by atoms with Gasteiger partial charge in [0.25, 0.3) is 0 Å². The summed E-state index contributed by atoms with van der Waals surface area (Å²) in [7, 11) is 1.54. The lowest BCUT2D eigenvalue weighted by molar-refractivity contribution is -0.236. The van der Waals surface area contributed by atoms with Crippen LogP contribution in [0.1, 0.15) is 37.7 Å². The molecule has 0 saturated carbocycles. The van der Waals surface area contributed by atoms with Crippen molar-refractivity contribution in [3.05, 3.63) is 60.2 Å². The summed E-state index contributed by atoms with van der Waals surface area (Å²) >= 11 is 0. The fourth-order valence-corrected chi connectivity index (χ4v) is 7.01. The third-order valence-electron chi connectivity index (χ3n) is 9.72. The first kappa shape index (κ1) is 37.2. The number of hydrogen-bond acceptors (Lipinski definition) is 6. The van der Waals surface area contributed by atoms with Gasteiger partial charge in [0.2, 0.25) is 5.91 Å². The lowest BCUT2D eigenvalue weighted by Crippen LogP contribution is -2.59. The van der Waals surface area contributed by atoms with Crippen molar-refractivity contribution in [2.24, 2.45) is 5.41 Å². The summed E-state index contributed by atoms with van der Waals surface area (Å²) in [5, 5.41) is 13.5. The molecule has 2 aliphatic rings. The van der Waals surface area contributed by atoms with Gasteiger partial charge in [-0.05, 0) is 85.9 Å². The van der Waals surface area contributed by atoms with Gasteiger partial charge in [-0.3, -0.25) is 14.6 Å². The molecule has 0 aromatic heterocycles. The zero-order valence-corrected chi connectivity index (χ0v) is 27.7. The Morgan fingerprint density at radius 1 is 0.860 bits per heavy atom. The van der Waals surface area contributed by atoms with Crippen LogP contribution in [0, 0.1) is 5.41 Å². The van der Waals surface area contributed by atoms with Gasteiger partial charge in [0, 0.05) is 13.0 Å². The largest absolute Gasteiger partial charge is 0.496 e. The number of piperidine rings is 2. The number of alkyl halides is 6. The van der Waals surface area contributed by atoms with Gasteiger partial charge in [-0.15, -0.1) is 0 Å². The van der Waals surface area contributed by atoms with Gasteiger partial charge in [0.1, 0.15) is 29.6 Å². The van der Waals surface area contributed by atoms with Crippen LogP contribution >= 0.6 is 0 Å². The Morgan fingerprint density at radius 3 is 2.14 bits per heavy atom. The third kappa shape index (κ3) is 8.45. The van der Waals surface area contributed by atoms with Crippen LogP contribution in [0.5, 0.6) is 11.5 Å². The van der Waals surface area contributed by atoms with E-state index in [9.17, 15) is 41.0 Å². The molecule has 2 fully saturated rings. The number of methoxy groups -OCH3 is 1. The fourth-order valence-electron chi connectivity index (χ4n) is 7.01. The van der Waals surface area contributed by atoms with Crippen LogP contribution < -0.4 is 14.8 Å². The Labute approximate surface area is 286 Å². The van der Waals surface area contributed by atoms with Crippen molar-refractivity contribution < 1.29 is 50.5 Å². The van der Waals surface area contributed by atoms with Gasteiger partial charge in [-0.25, -0.2) is 4.79 Å². The van der Waals surface area contributed by atoms with E-state index in [2.05, 4.69) is 10.2 Å². The highest BCUT2D eigenvalue weighted by Crippen LogP contribution is 2.47. The standard InChI is InChI=1S/C36H41F6N3O5/c1-49-29-12-7-13-30(50-21-20-44-16-3-2-4-17-44)31(29)27-11-6-9-25-24(8-5-10-26(25)27)22-28(32(46)47)43-33(48)34(36(40,41)42)14-18-45(19-15-34)23-35(37,38)39/h5-13,28H,2-4,14-23H2,1H3,(H,43,48)(H,46,47)/t28-/m0/s1. The number of rotatable bonds is 12. The molecular weight excluding hydrogens is 668 g/mol. The number of halogens is 6. The third-order valence-corrected chi connectivity index (χ3v) is 9.72. The average molecular weight is 710 g/mol. The molecule has 272 valence electrons. The highest BCUT2D eigenvalue weighted by atomic mass is 19.4. The molecule has 50 heavy (non-hydrogen) atoms. The monoisotopic (exact) mass is 709 g/mol. The Morgan fingerprint density at radius 2 is 1.50 bits per heavy atom. The van der Waals surface area contributed by atoms with Crippen molar-refractivity contribution >= 4 is 22.6 Å². The van der Waals surface area contributed by atoms with Gasteiger partial charge in [0.15, 0.2) is 0 Å². The molecule has 0 radical (unpaired) electrons. The number of fused-ring (bicyclic) bond motifs is 1. The van der Waals surface area contributed by atoms with Crippen LogP contribution in [0.25, 0.3) is 21.9 Å². The lowest BCUT2D eigenvalue weighted by Gasteiger charge is -2.42. The van der Waals surface area contributed by atoms with Gasteiger partial charge >= 0.3 is 18.3 Å². The summed E-state index contributed by atoms with van der Waals surface area (Å²) in [6.45, 7) is 0.624. The van der Waals surface area contributed by atoms with E-state index in [0.717, 1.165) is 42.9 Å². The number of carboxylic acid groups (broad SMARTS) is 1. The number of nitrogens with one attached hydrogen (secondary N) is 1. The number of nitrogens with zero attached hydrogens (tertiary/aromatic N) is 2. The highest BCUT2D eigenvalue weighted by Gasteiger charge is 2.61. The molecule has 3 aromatic rings. The van der Waals surface area contributed by atoms with Gasteiger partial charge in [-0.1, -0.05) is 48.9 Å². The van der Waals surface area contributed by atoms with E-state index >= 15 is 0 Å². The molecule has 2 heterocycles. The van der Waals surface area contributed by atoms with Crippen LogP contribution in [0.4, 0.5) is 26.3 Å². The topological polar surface area (TPSA) is 91.3 Å². The summed E-state index contributed by atoms with van der Waals surface area (Å²) < 4.78 is 93.8. The van der Waals surface area contributed by atoms with Crippen LogP contribution in [0.2, 0.25) is 0 Å². The second-order valence-corrected chi connectivity index (χ2v) is 12.9. The molecule has 8 nitrogen and oxygen atoms in total. The number of hydrogen-bond donors (Lipinski definition) is 2. The van der Waals surface area contributed by atoms with E-state index in [1.165, 1.54) is 6.42 Å². The highest BCUT2D eigenvalue weighted by molar-refractivity contribution is 6.01. The Balaban J connectivity index is 1.40. The minimum Gasteiger partial charge on any atom is -0.496 e. The molecule has 1 amide bonds. The zero-order chi connectivity index (χ0) is 36.1. The second-order valence-electron chi connectivity index (χ2n) is 12.9. The number of carbonyl (C=O) groups excluding carboxylic acids is 1. The Hall–Kier alpha value is -4.04. The number of carbonyl (C=O) groups is 2. The minimum absolute atomic E-state index is 0.346. The number of aliphatic carboxylic acids is 1. The van der Waals surface area contributed by atoms with Crippen LogP contribution in [-0.2, 0) is 16.0 Å². The molecule has 2 aliphatic heterocycles. The summed E-state index contributed by atoms with van der Waals surface area (Å²) in [6.07, 6.45) is -8.39. The molecule has 2 saturated heterocycles. The molecule has 0 unspecified atom stereocenters. The van der Waals surface area contributed by atoms with Crippen molar-refractivity contribution in [1.29, 1.82) is 0 Å².